The van der Waals surface area contributed by atoms with E-state index in [1.807, 2.05) is 18.2 Å². The summed E-state index contributed by atoms with van der Waals surface area (Å²) in [5, 5.41) is 4.63. The van der Waals surface area contributed by atoms with Crippen LogP contribution in [-0.2, 0) is 0 Å². The largest absolute Gasteiger partial charge is 0.376 e. The van der Waals surface area contributed by atoms with E-state index in [4.69, 9.17) is 23.2 Å². The van der Waals surface area contributed by atoms with Gasteiger partial charge in [-0.15, -0.1) is 0 Å². The van der Waals surface area contributed by atoms with E-state index in [1.54, 1.807) is 0 Å². The molecule has 1 atom stereocenters. The maximum Gasteiger partial charge on any atom is 0.0723 e. The molecule has 0 aliphatic rings. The molecule has 4 heteroatoms. The Morgan fingerprint density at radius 1 is 1.00 bits per heavy atom. The highest BCUT2D eigenvalue weighted by molar-refractivity contribution is 14.1. The fraction of sp³-hybridized carbons (Fsp3) is 0.143. The lowest BCUT2D eigenvalue weighted by Gasteiger charge is -2.18. The summed E-state index contributed by atoms with van der Waals surface area (Å²) in [6.07, 6.45) is 0. The van der Waals surface area contributed by atoms with E-state index in [0.717, 1.165) is 5.69 Å². The van der Waals surface area contributed by atoms with Crippen LogP contribution in [0.4, 0.5) is 5.69 Å². The zero-order valence-corrected chi connectivity index (χ0v) is 13.4. The number of anilines is 1. The lowest BCUT2D eigenvalue weighted by Crippen LogP contribution is -2.07. The second-order valence-electron chi connectivity index (χ2n) is 4.01. The van der Waals surface area contributed by atoms with Crippen molar-refractivity contribution in [1.29, 1.82) is 0 Å². The minimum absolute atomic E-state index is 0.152. The topological polar surface area (TPSA) is 12.0 Å². The third-order valence-electron chi connectivity index (χ3n) is 2.69. The molecule has 0 fully saturated rings. The number of hydrogen-bond donors (Lipinski definition) is 1. The molecule has 0 radical (unpaired) electrons. The van der Waals surface area contributed by atoms with E-state index >= 15 is 0 Å². The van der Waals surface area contributed by atoms with Crippen LogP contribution in [0.1, 0.15) is 18.5 Å². The van der Waals surface area contributed by atoms with Crippen LogP contribution >= 0.6 is 45.8 Å². The summed E-state index contributed by atoms with van der Waals surface area (Å²) in [6.45, 7) is 2.09. The van der Waals surface area contributed by atoms with Gasteiger partial charge in [-0.05, 0) is 59.3 Å². The zero-order chi connectivity index (χ0) is 13.1. The summed E-state index contributed by atoms with van der Waals surface area (Å²) in [7, 11) is 0. The van der Waals surface area contributed by atoms with E-state index in [0.29, 0.717) is 10.0 Å². The van der Waals surface area contributed by atoms with Gasteiger partial charge in [-0.2, -0.15) is 0 Å². The van der Waals surface area contributed by atoms with E-state index in [2.05, 4.69) is 59.1 Å². The Labute approximate surface area is 131 Å². The predicted molar refractivity (Wildman–Crippen MR) is 87.7 cm³/mol. The predicted octanol–water partition coefficient (Wildman–Crippen LogP) is 5.77. The van der Waals surface area contributed by atoms with Crippen LogP contribution in [0.3, 0.4) is 0 Å². The van der Waals surface area contributed by atoms with E-state index < -0.39 is 0 Å². The Morgan fingerprint density at radius 2 is 1.56 bits per heavy atom. The van der Waals surface area contributed by atoms with Gasteiger partial charge >= 0.3 is 0 Å². The van der Waals surface area contributed by atoms with Crippen molar-refractivity contribution in [2.45, 2.75) is 13.0 Å². The first kappa shape index (κ1) is 14.0. The van der Waals surface area contributed by atoms with Gasteiger partial charge in [0.2, 0.25) is 0 Å². The van der Waals surface area contributed by atoms with Crippen molar-refractivity contribution >= 4 is 51.5 Å². The number of nitrogens with one attached hydrogen (secondary N) is 1. The van der Waals surface area contributed by atoms with Crippen molar-refractivity contribution in [1.82, 2.24) is 0 Å². The summed E-state index contributed by atoms with van der Waals surface area (Å²) >= 11 is 14.6. The lowest BCUT2D eigenvalue weighted by molar-refractivity contribution is 0.884. The van der Waals surface area contributed by atoms with Crippen LogP contribution in [-0.4, -0.2) is 0 Å². The summed E-state index contributed by atoms with van der Waals surface area (Å²) < 4.78 is 1.22. The van der Waals surface area contributed by atoms with Crippen LogP contribution < -0.4 is 5.32 Å². The van der Waals surface area contributed by atoms with Crippen molar-refractivity contribution < 1.29 is 0 Å². The molecule has 0 amide bonds. The van der Waals surface area contributed by atoms with Crippen LogP contribution in [0.15, 0.2) is 42.5 Å². The highest BCUT2D eigenvalue weighted by atomic mass is 127. The summed E-state index contributed by atoms with van der Waals surface area (Å²) in [5.74, 6) is 0. The van der Waals surface area contributed by atoms with Gasteiger partial charge in [0.15, 0.2) is 0 Å². The Bertz CT molecular complexity index is 520. The van der Waals surface area contributed by atoms with Gasteiger partial charge in [-0.1, -0.05) is 41.4 Å². The second kappa shape index (κ2) is 6.13. The fourth-order valence-electron chi connectivity index (χ4n) is 1.69. The minimum atomic E-state index is 0.152. The number of halogens is 3. The van der Waals surface area contributed by atoms with Crippen LogP contribution in [0.2, 0.25) is 10.0 Å². The van der Waals surface area contributed by atoms with Crippen LogP contribution in [0.25, 0.3) is 0 Å². The van der Waals surface area contributed by atoms with Gasteiger partial charge in [0.1, 0.15) is 0 Å². The monoisotopic (exact) mass is 391 g/mol. The Kier molecular flexibility index (Phi) is 4.76. The molecule has 1 N–H and O–H groups in total. The molecule has 2 aromatic carbocycles. The molecule has 0 aliphatic heterocycles. The third-order valence-corrected chi connectivity index (χ3v) is 4.04. The summed E-state index contributed by atoms with van der Waals surface area (Å²) in [5.41, 5.74) is 1.98. The molecule has 2 aromatic rings. The van der Waals surface area contributed by atoms with Gasteiger partial charge in [-0.25, -0.2) is 0 Å². The zero-order valence-electron chi connectivity index (χ0n) is 9.75. The smallest absolute Gasteiger partial charge is 0.0723 e. The van der Waals surface area contributed by atoms with Crippen LogP contribution in [0, 0.1) is 3.57 Å². The first-order valence-corrected chi connectivity index (χ1v) is 7.37. The van der Waals surface area contributed by atoms with Crippen molar-refractivity contribution in [3.63, 3.8) is 0 Å². The SMILES string of the molecule is CC(Nc1c(Cl)cccc1Cl)c1ccc(I)cc1. The third kappa shape index (κ3) is 3.31. The molecule has 0 saturated heterocycles. The number of hydrogen-bond acceptors (Lipinski definition) is 1. The lowest BCUT2D eigenvalue weighted by atomic mass is 10.1. The Balaban J connectivity index is 2.21. The molecule has 0 saturated carbocycles. The number of rotatable bonds is 3. The first-order chi connectivity index (χ1) is 8.58. The number of benzene rings is 2. The molecule has 0 spiro atoms. The molecule has 94 valence electrons. The average Bonchev–Trinajstić information content (AvgIpc) is 2.34. The van der Waals surface area contributed by atoms with Gasteiger partial charge < -0.3 is 5.32 Å². The maximum absolute atomic E-state index is 6.14. The normalized spacial score (nSPS) is 12.2. The van der Waals surface area contributed by atoms with E-state index in [-0.39, 0.29) is 6.04 Å². The van der Waals surface area contributed by atoms with Crippen molar-refractivity contribution in [2.24, 2.45) is 0 Å². The highest BCUT2D eigenvalue weighted by Gasteiger charge is 2.10. The summed E-state index contributed by atoms with van der Waals surface area (Å²) in [4.78, 5) is 0. The number of para-hydroxylation sites is 1. The molecule has 1 unspecified atom stereocenters. The molecule has 1 nitrogen and oxygen atoms in total. The van der Waals surface area contributed by atoms with Gasteiger partial charge in [0.05, 0.1) is 15.7 Å². The second-order valence-corrected chi connectivity index (χ2v) is 6.07. The van der Waals surface area contributed by atoms with Gasteiger partial charge in [-0.3, -0.25) is 0 Å². The molecule has 0 aromatic heterocycles. The minimum Gasteiger partial charge on any atom is -0.376 e. The van der Waals surface area contributed by atoms with E-state index in [1.165, 1.54) is 9.13 Å². The molecular weight excluding hydrogens is 380 g/mol. The summed E-state index contributed by atoms with van der Waals surface area (Å²) in [6, 6.07) is 14.0. The standard InChI is InChI=1S/C14H12Cl2IN/c1-9(10-5-7-11(17)8-6-10)18-14-12(15)3-2-4-13(14)16/h2-9,18H,1H3. The quantitative estimate of drug-likeness (QED) is 0.654. The van der Waals surface area contributed by atoms with E-state index in [9.17, 15) is 0 Å². The molecule has 18 heavy (non-hydrogen) atoms. The molecule has 2 rings (SSSR count). The molecule has 0 bridgehead atoms. The van der Waals surface area contributed by atoms with Crippen LogP contribution in [0.5, 0.6) is 0 Å². The van der Waals surface area contributed by atoms with Crippen molar-refractivity contribution in [2.75, 3.05) is 5.32 Å². The Morgan fingerprint density at radius 3 is 2.11 bits per heavy atom. The highest BCUT2D eigenvalue weighted by Crippen LogP contribution is 2.32. The Hall–Kier alpha value is -0.450. The van der Waals surface area contributed by atoms with Gasteiger partial charge in [0, 0.05) is 9.61 Å². The maximum atomic E-state index is 6.14. The van der Waals surface area contributed by atoms with Crippen molar-refractivity contribution in [3.8, 4) is 0 Å². The molecule has 0 heterocycles. The molecule has 0 aliphatic carbocycles. The fourth-order valence-corrected chi connectivity index (χ4v) is 2.55. The average molecular weight is 392 g/mol. The first-order valence-electron chi connectivity index (χ1n) is 5.54. The van der Waals surface area contributed by atoms with Gasteiger partial charge in [0.25, 0.3) is 0 Å². The molecular formula is C14H12Cl2IN. The van der Waals surface area contributed by atoms with Crippen molar-refractivity contribution in [3.05, 3.63) is 61.6 Å².